The third-order valence-electron chi connectivity index (χ3n) is 4.44. The van der Waals surface area contributed by atoms with Crippen molar-refractivity contribution < 1.29 is 0 Å². The van der Waals surface area contributed by atoms with Crippen molar-refractivity contribution in [1.29, 1.82) is 0 Å². The highest BCUT2D eigenvalue weighted by Gasteiger charge is 2.31. The van der Waals surface area contributed by atoms with Gasteiger partial charge in [0.15, 0.2) is 11.7 Å². The Labute approximate surface area is 131 Å². The van der Waals surface area contributed by atoms with E-state index in [2.05, 4.69) is 59.1 Å². The van der Waals surface area contributed by atoms with E-state index in [1.54, 1.807) is 0 Å². The molecule has 1 aromatic rings. The summed E-state index contributed by atoms with van der Waals surface area (Å²) < 4.78 is 0. The molecule has 0 aromatic heterocycles. The molecular weight excluding hydrogens is 274 g/mol. The quantitative estimate of drug-likeness (QED) is 0.735. The molecule has 1 unspecified atom stereocenters. The van der Waals surface area contributed by atoms with Gasteiger partial charge in [0.2, 0.25) is 0 Å². The maximum Gasteiger partial charge on any atom is 0.176 e. The van der Waals surface area contributed by atoms with Crippen LogP contribution in [0.2, 0.25) is 0 Å². The predicted molar refractivity (Wildman–Crippen MR) is 91.1 cm³/mol. The van der Waals surface area contributed by atoms with Gasteiger partial charge in [0, 0.05) is 32.4 Å². The monoisotopic (exact) mass is 295 g/mol. The molecule has 3 heterocycles. The van der Waals surface area contributed by atoms with Crippen molar-refractivity contribution in [2.75, 3.05) is 38.1 Å². The van der Waals surface area contributed by atoms with E-state index in [4.69, 9.17) is 9.98 Å². The van der Waals surface area contributed by atoms with E-state index < -0.39 is 0 Å². The molecule has 0 spiro atoms. The van der Waals surface area contributed by atoms with Crippen LogP contribution in [0.1, 0.15) is 6.92 Å². The van der Waals surface area contributed by atoms with Gasteiger partial charge in [-0.25, -0.2) is 4.99 Å². The maximum absolute atomic E-state index is 4.93. The first-order chi connectivity index (χ1) is 10.7. The Hall–Kier alpha value is -2.14. The molecule has 3 aliphatic rings. The van der Waals surface area contributed by atoms with Crippen molar-refractivity contribution in [2.24, 2.45) is 9.98 Å². The molecule has 1 aromatic carbocycles. The number of amidine groups is 2. The number of rotatable bonds is 0. The number of likely N-dealkylation sites (N-methyl/N-ethyl adjacent to an activating group) is 1. The average Bonchev–Trinajstić information content (AvgIpc) is 2.55. The zero-order valence-electron chi connectivity index (χ0n) is 13.1. The highest BCUT2D eigenvalue weighted by molar-refractivity contribution is 6.47. The summed E-state index contributed by atoms with van der Waals surface area (Å²) in [5, 5.41) is 0. The average molecular weight is 295 g/mol. The van der Waals surface area contributed by atoms with Crippen LogP contribution in [0.25, 0.3) is 0 Å². The van der Waals surface area contributed by atoms with E-state index in [1.165, 1.54) is 0 Å². The number of anilines is 1. The molecule has 3 aliphatic heterocycles. The van der Waals surface area contributed by atoms with Gasteiger partial charge in [0.1, 0.15) is 0 Å². The Morgan fingerprint density at radius 3 is 2.64 bits per heavy atom. The molecule has 5 heteroatoms. The second kappa shape index (κ2) is 5.25. The van der Waals surface area contributed by atoms with Crippen molar-refractivity contribution in [3.63, 3.8) is 0 Å². The normalized spacial score (nSPS) is 24.5. The summed E-state index contributed by atoms with van der Waals surface area (Å²) in [7, 11) is 2.17. The Balaban J connectivity index is 1.77. The van der Waals surface area contributed by atoms with E-state index in [1.807, 2.05) is 6.07 Å². The third-order valence-corrected chi connectivity index (χ3v) is 4.44. The van der Waals surface area contributed by atoms with Crippen LogP contribution in [0.3, 0.4) is 0 Å². The zero-order valence-corrected chi connectivity index (χ0v) is 13.1. The Morgan fingerprint density at radius 2 is 1.82 bits per heavy atom. The largest absolute Gasteiger partial charge is 0.351 e. The summed E-state index contributed by atoms with van der Waals surface area (Å²) in [6.45, 7) is 6.26. The van der Waals surface area contributed by atoms with Gasteiger partial charge in [-0.3, -0.25) is 9.89 Å². The molecule has 5 nitrogen and oxygen atoms in total. The lowest BCUT2D eigenvalue weighted by Gasteiger charge is -2.39. The Morgan fingerprint density at radius 1 is 1.05 bits per heavy atom. The van der Waals surface area contributed by atoms with Crippen LogP contribution in [0.15, 0.2) is 46.5 Å². The SMILES string of the molecule is CC1C=CN2C(=N1)C(N1CCN(C)CC1)=Nc1ccccc12. The molecule has 0 N–H and O–H groups in total. The standard InChI is InChI=1S/C17H21N5/c1-13-7-8-22-15-6-4-3-5-14(15)19-16(17(22)18-13)21-11-9-20(2)10-12-21/h3-8,13H,9-12H2,1-2H3. The van der Waals surface area contributed by atoms with Crippen molar-refractivity contribution in [1.82, 2.24) is 9.80 Å². The van der Waals surface area contributed by atoms with Crippen LogP contribution >= 0.6 is 0 Å². The van der Waals surface area contributed by atoms with E-state index >= 15 is 0 Å². The number of aliphatic imine (C=N–C) groups is 2. The third kappa shape index (κ3) is 2.22. The van der Waals surface area contributed by atoms with E-state index in [0.29, 0.717) is 0 Å². The van der Waals surface area contributed by atoms with Crippen LogP contribution < -0.4 is 4.90 Å². The van der Waals surface area contributed by atoms with Crippen molar-refractivity contribution in [3.8, 4) is 0 Å². The molecule has 0 bridgehead atoms. The van der Waals surface area contributed by atoms with Crippen LogP contribution in [0.4, 0.5) is 11.4 Å². The molecule has 1 saturated heterocycles. The van der Waals surface area contributed by atoms with Gasteiger partial charge in [-0.05, 0) is 32.2 Å². The van der Waals surface area contributed by atoms with E-state index in [-0.39, 0.29) is 6.04 Å². The summed E-state index contributed by atoms with van der Waals surface area (Å²) in [4.78, 5) is 16.7. The van der Waals surface area contributed by atoms with Gasteiger partial charge >= 0.3 is 0 Å². The topological polar surface area (TPSA) is 34.4 Å². The zero-order chi connectivity index (χ0) is 15.1. The van der Waals surface area contributed by atoms with Crippen LogP contribution in [-0.2, 0) is 0 Å². The van der Waals surface area contributed by atoms with Gasteiger partial charge < -0.3 is 9.80 Å². The molecule has 0 aliphatic carbocycles. The molecule has 0 radical (unpaired) electrons. The van der Waals surface area contributed by atoms with E-state index in [0.717, 1.165) is 49.2 Å². The van der Waals surface area contributed by atoms with Gasteiger partial charge in [-0.1, -0.05) is 12.1 Å². The highest BCUT2D eigenvalue weighted by Crippen LogP contribution is 2.35. The van der Waals surface area contributed by atoms with Crippen LogP contribution in [0, 0.1) is 0 Å². The lowest BCUT2D eigenvalue weighted by molar-refractivity contribution is 0.217. The number of hydrogen-bond donors (Lipinski definition) is 0. The number of para-hydroxylation sites is 2. The molecule has 114 valence electrons. The number of hydrogen-bond acceptors (Lipinski definition) is 5. The molecule has 1 fully saturated rings. The Kier molecular flexibility index (Phi) is 3.22. The molecule has 0 amide bonds. The second-order valence-electron chi connectivity index (χ2n) is 6.12. The minimum Gasteiger partial charge on any atom is -0.351 e. The van der Waals surface area contributed by atoms with Gasteiger partial charge in [-0.15, -0.1) is 0 Å². The van der Waals surface area contributed by atoms with E-state index in [9.17, 15) is 0 Å². The fourth-order valence-corrected chi connectivity index (χ4v) is 3.10. The number of piperazine rings is 1. The number of benzene rings is 1. The van der Waals surface area contributed by atoms with Crippen molar-refractivity contribution in [2.45, 2.75) is 13.0 Å². The number of fused-ring (bicyclic) bond motifs is 3. The fraction of sp³-hybridized carbons (Fsp3) is 0.412. The van der Waals surface area contributed by atoms with Crippen LogP contribution in [0.5, 0.6) is 0 Å². The predicted octanol–water partition coefficient (Wildman–Crippen LogP) is 2.10. The second-order valence-corrected chi connectivity index (χ2v) is 6.12. The molecular formula is C17H21N5. The summed E-state index contributed by atoms with van der Waals surface area (Å²) in [5.41, 5.74) is 2.14. The fourth-order valence-electron chi connectivity index (χ4n) is 3.10. The van der Waals surface area contributed by atoms with Gasteiger partial charge in [0.25, 0.3) is 0 Å². The molecule has 0 saturated carbocycles. The first-order valence-corrected chi connectivity index (χ1v) is 7.89. The van der Waals surface area contributed by atoms with Crippen molar-refractivity contribution in [3.05, 3.63) is 36.5 Å². The molecule has 1 atom stereocenters. The van der Waals surface area contributed by atoms with Gasteiger partial charge in [-0.2, -0.15) is 0 Å². The lowest BCUT2D eigenvalue weighted by atomic mass is 10.1. The first-order valence-electron chi connectivity index (χ1n) is 7.89. The van der Waals surface area contributed by atoms with Crippen LogP contribution in [-0.4, -0.2) is 60.7 Å². The Bertz CT molecular complexity index is 667. The first kappa shape index (κ1) is 13.5. The minimum atomic E-state index is 0.203. The summed E-state index contributed by atoms with van der Waals surface area (Å²) in [6.07, 6.45) is 4.27. The van der Waals surface area contributed by atoms with Gasteiger partial charge in [0.05, 0.1) is 17.4 Å². The summed E-state index contributed by atoms with van der Waals surface area (Å²) >= 11 is 0. The maximum atomic E-state index is 4.93. The summed E-state index contributed by atoms with van der Waals surface area (Å²) in [6, 6.07) is 8.49. The van der Waals surface area contributed by atoms with Crippen molar-refractivity contribution >= 4 is 23.0 Å². The summed E-state index contributed by atoms with van der Waals surface area (Å²) in [5.74, 6) is 2.00. The lowest BCUT2D eigenvalue weighted by Crippen LogP contribution is -2.53. The minimum absolute atomic E-state index is 0.203. The number of nitrogens with zero attached hydrogens (tertiary/aromatic N) is 5. The molecule has 22 heavy (non-hydrogen) atoms. The molecule has 4 rings (SSSR count). The highest BCUT2D eigenvalue weighted by atomic mass is 15.3. The smallest absolute Gasteiger partial charge is 0.176 e.